The van der Waals surface area contributed by atoms with E-state index in [2.05, 4.69) is 5.10 Å². The van der Waals surface area contributed by atoms with Gasteiger partial charge in [-0.05, 0) is 18.1 Å². The first kappa shape index (κ1) is 16.8. The Morgan fingerprint density at radius 3 is 2.24 bits per heavy atom. The predicted octanol–water partition coefficient (Wildman–Crippen LogP) is 3.28. The number of nitrogens with two attached hydrogens (primary N) is 1. The summed E-state index contributed by atoms with van der Waals surface area (Å²) in [5, 5.41) is 4.59. The van der Waals surface area contributed by atoms with E-state index in [4.69, 9.17) is 10.5 Å². The fourth-order valence-corrected chi connectivity index (χ4v) is 2.74. The first-order valence-electron chi connectivity index (χ1n) is 8.29. The molecule has 0 fully saturated rings. The number of carbonyl (C=O) groups excluding carboxylic acids is 1. The normalized spacial score (nSPS) is 10.6. The number of anilines is 1. The molecule has 0 saturated heterocycles. The van der Waals surface area contributed by atoms with E-state index in [1.165, 1.54) is 0 Å². The molecule has 5 heteroatoms. The van der Waals surface area contributed by atoms with Crippen molar-refractivity contribution in [3.05, 3.63) is 83.0 Å². The summed E-state index contributed by atoms with van der Waals surface area (Å²) in [5.41, 5.74) is 9.37. The van der Waals surface area contributed by atoms with Crippen molar-refractivity contribution < 1.29 is 9.53 Å². The third-order valence-corrected chi connectivity index (χ3v) is 3.93. The van der Waals surface area contributed by atoms with Crippen molar-refractivity contribution in [2.75, 3.05) is 12.3 Å². The van der Waals surface area contributed by atoms with Gasteiger partial charge in [0.2, 0.25) is 0 Å². The first-order valence-corrected chi connectivity index (χ1v) is 8.29. The average molecular weight is 335 g/mol. The molecule has 1 aromatic heterocycles. The van der Waals surface area contributed by atoms with Crippen LogP contribution in [-0.2, 0) is 17.7 Å². The van der Waals surface area contributed by atoms with Crippen molar-refractivity contribution in [1.29, 1.82) is 0 Å². The molecule has 0 radical (unpaired) electrons. The Morgan fingerprint density at radius 2 is 1.64 bits per heavy atom. The van der Waals surface area contributed by atoms with Gasteiger partial charge in [0, 0.05) is 6.42 Å². The minimum atomic E-state index is -0.426. The fourth-order valence-electron chi connectivity index (χ4n) is 2.74. The lowest BCUT2D eigenvalue weighted by Crippen LogP contribution is -2.11. The number of hydrogen-bond acceptors (Lipinski definition) is 4. The fraction of sp³-hybridized carbons (Fsp3) is 0.200. The van der Waals surface area contributed by atoms with Crippen LogP contribution in [0.25, 0.3) is 0 Å². The van der Waals surface area contributed by atoms with E-state index in [1.54, 1.807) is 11.6 Å². The predicted molar refractivity (Wildman–Crippen MR) is 97.4 cm³/mol. The minimum absolute atomic E-state index is 0.299. The van der Waals surface area contributed by atoms with Gasteiger partial charge in [-0.1, -0.05) is 60.7 Å². The lowest BCUT2D eigenvalue weighted by atomic mass is 10.1. The van der Waals surface area contributed by atoms with Gasteiger partial charge in [0.25, 0.3) is 0 Å². The number of esters is 1. The number of benzene rings is 2. The maximum Gasteiger partial charge on any atom is 0.343 e. The van der Waals surface area contributed by atoms with Crippen molar-refractivity contribution in [2.45, 2.75) is 19.9 Å². The van der Waals surface area contributed by atoms with E-state index >= 15 is 0 Å². The van der Waals surface area contributed by atoms with Gasteiger partial charge in [0.15, 0.2) is 0 Å². The minimum Gasteiger partial charge on any atom is -0.462 e. The van der Waals surface area contributed by atoms with Crippen LogP contribution in [0.2, 0.25) is 0 Å². The number of carbonyl (C=O) groups is 1. The number of hydrogen-bond donors (Lipinski definition) is 1. The molecule has 5 nitrogen and oxygen atoms in total. The summed E-state index contributed by atoms with van der Waals surface area (Å²) in [7, 11) is 0. The van der Waals surface area contributed by atoms with E-state index in [9.17, 15) is 4.79 Å². The molecular formula is C20H21N3O2. The van der Waals surface area contributed by atoms with E-state index in [1.807, 2.05) is 60.7 Å². The van der Waals surface area contributed by atoms with Crippen molar-refractivity contribution in [3.63, 3.8) is 0 Å². The third kappa shape index (κ3) is 3.88. The van der Waals surface area contributed by atoms with Crippen molar-refractivity contribution in [3.8, 4) is 0 Å². The van der Waals surface area contributed by atoms with E-state index in [-0.39, 0.29) is 0 Å². The average Bonchev–Trinajstić information content (AvgIpc) is 2.92. The Kier molecular flexibility index (Phi) is 5.14. The van der Waals surface area contributed by atoms with E-state index in [0.29, 0.717) is 36.6 Å². The summed E-state index contributed by atoms with van der Waals surface area (Å²) >= 11 is 0. The van der Waals surface area contributed by atoms with Crippen LogP contribution in [0.15, 0.2) is 60.7 Å². The molecule has 0 bridgehead atoms. The topological polar surface area (TPSA) is 70.1 Å². The van der Waals surface area contributed by atoms with Gasteiger partial charge in [-0.15, -0.1) is 0 Å². The Bertz CT molecular complexity index is 842. The molecule has 3 aromatic rings. The molecule has 0 aliphatic heterocycles. The SMILES string of the molecule is CCOC(=O)c1c(Cc2ccccc2)nn(Cc2ccccc2)c1N. The second-order valence-electron chi connectivity index (χ2n) is 5.73. The highest BCUT2D eigenvalue weighted by molar-refractivity contribution is 5.95. The van der Waals surface area contributed by atoms with Gasteiger partial charge < -0.3 is 10.5 Å². The highest BCUT2D eigenvalue weighted by Gasteiger charge is 2.23. The number of ether oxygens (including phenoxy) is 1. The van der Waals surface area contributed by atoms with E-state index in [0.717, 1.165) is 11.1 Å². The summed E-state index contributed by atoms with van der Waals surface area (Å²) in [5.74, 6) is -0.0847. The third-order valence-electron chi connectivity index (χ3n) is 3.93. The summed E-state index contributed by atoms with van der Waals surface area (Å²) in [6.45, 7) is 2.58. The van der Waals surface area contributed by atoms with Gasteiger partial charge in [-0.2, -0.15) is 5.10 Å². The molecule has 2 N–H and O–H groups in total. The molecule has 25 heavy (non-hydrogen) atoms. The second-order valence-corrected chi connectivity index (χ2v) is 5.73. The first-order chi connectivity index (χ1) is 12.2. The smallest absolute Gasteiger partial charge is 0.343 e. The summed E-state index contributed by atoms with van der Waals surface area (Å²) < 4.78 is 6.84. The number of aromatic nitrogens is 2. The second kappa shape index (κ2) is 7.66. The van der Waals surface area contributed by atoms with Crippen LogP contribution in [-0.4, -0.2) is 22.4 Å². The molecule has 2 aromatic carbocycles. The summed E-state index contributed by atoms with van der Waals surface area (Å²) in [6, 6.07) is 19.8. The molecule has 0 spiro atoms. The van der Waals surface area contributed by atoms with Gasteiger partial charge in [-0.25, -0.2) is 9.48 Å². The van der Waals surface area contributed by atoms with Crippen LogP contribution in [0.3, 0.4) is 0 Å². The molecule has 0 aliphatic rings. The van der Waals surface area contributed by atoms with Gasteiger partial charge >= 0.3 is 5.97 Å². The number of nitrogens with zero attached hydrogens (tertiary/aromatic N) is 2. The molecule has 128 valence electrons. The quantitative estimate of drug-likeness (QED) is 0.702. The molecular weight excluding hydrogens is 314 g/mol. The van der Waals surface area contributed by atoms with Gasteiger partial charge in [0.05, 0.1) is 18.8 Å². The van der Waals surface area contributed by atoms with Crippen molar-refractivity contribution >= 4 is 11.8 Å². The molecule has 0 unspecified atom stereocenters. The van der Waals surface area contributed by atoms with Crippen LogP contribution < -0.4 is 5.73 Å². The van der Waals surface area contributed by atoms with Crippen LogP contribution in [0.4, 0.5) is 5.82 Å². The number of nitrogen functional groups attached to an aromatic ring is 1. The van der Waals surface area contributed by atoms with Crippen LogP contribution in [0, 0.1) is 0 Å². The van der Waals surface area contributed by atoms with Gasteiger partial charge in [-0.3, -0.25) is 0 Å². The Balaban J connectivity index is 1.97. The Morgan fingerprint density at radius 1 is 1.04 bits per heavy atom. The maximum atomic E-state index is 12.4. The maximum absolute atomic E-state index is 12.4. The molecule has 0 saturated carbocycles. The molecule has 0 atom stereocenters. The lowest BCUT2D eigenvalue weighted by Gasteiger charge is -2.05. The monoisotopic (exact) mass is 335 g/mol. The molecule has 3 rings (SSSR count). The summed E-state index contributed by atoms with van der Waals surface area (Å²) in [4.78, 5) is 12.4. The van der Waals surface area contributed by atoms with Crippen molar-refractivity contribution in [2.24, 2.45) is 0 Å². The molecule has 0 amide bonds. The zero-order valence-corrected chi connectivity index (χ0v) is 14.2. The van der Waals surface area contributed by atoms with Crippen LogP contribution in [0.1, 0.15) is 34.1 Å². The zero-order chi connectivity index (χ0) is 17.6. The Labute approximate surface area is 147 Å². The largest absolute Gasteiger partial charge is 0.462 e. The van der Waals surface area contributed by atoms with E-state index < -0.39 is 5.97 Å². The Hall–Kier alpha value is -3.08. The summed E-state index contributed by atoms with van der Waals surface area (Å²) in [6.07, 6.45) is 0.529. The van der Waals surface area contributed by atoms with Crippen LogP contribution in [0.5, 0.6) is 0 Å². The number of rotatable bonds is 6. The standard InChI is InChI=1S/C20H21N3O2/c1-2-25-20(24)18-17(13-15-9-5-3-6-10-15)22-23(19(18)21)14-16-11-7-4-8-12-16/h3-12H,2,13-14,21H2,1H3. The molecule has 1 heterocycles. The van der Waals surface area contributed by atoms with Gasteiger partial charge in [0.1, 0.15) is 11.4 Å². The highest BCUT2D eigenvalue weighted by Crippen LogP contribution is 2.22. The lowest BCUT2D eigenvalue weighted by molar-refractivity contribution is 0.0526. The molecule has 0 aliphatic carbocycles. The highest BCUT2D eigenvalue weighted by atomic mass is 16.5. The van der Waals surface area contributed by atoms with Crippen LogP contribution >= 0.6 is 0 Å². The zero-order valence-electron chi connectivity index (χ0n) is 14.2. The van der Waals surface area contributed by atoms with Crippen molar-refractivity contribution in [1.82, 2.24) is 9.78 Å².